The average Bonchev–Trinajstić information content (AvgIpc) is 3.09. The summed E-state index contributed by atoms with van der Waals surface area (Å²) in [5.74, 6) is 3.71. The molecule has 0 aromatic heterocycles. The lowest BCUT2D eigenvalue weighted by molar-refractivity contribution is 0.534. The second-order valence-corrected chi connectivity index (χ2v) is 31.2. The van der Waals surface area contributed by atoms with E-state index in [1.165, 1.54) is 0 Å². The third kappa shape index (κ3) is 9.28. The Balaban J connectivity index is 1.85. The van der Waals surface area contributed by atoms with E-state index in [-0.39, 0.29) is 0 Å². The van der Waals surface area contributed by atoms with E-state index in [0.717, 1.165) is 67.5 Å². The molecule has 5 rings (SSSR count). The summed E-state index contributed by atoms with van der Waals surface area (Å²) in [7, 11) is -9.04. The van der Waals surface area contributed by atoms with Crippen LogP contribution in [0.4, 0.5) is 0 Å². The molecule has 4 aromatic carbocycles. The number of fused-ring (bicyclic) bond motifs is 8. The highest BCUT2D eigenvalue weighted by Gasteiger charge is 2.30. The van der Waals surface area contributed by atoms with Gasteiger partial charge in [0.2, 0.25) is 0 Å². The monoisotopic (exact) mass is 760 g/mol. The fraction of sp³-hybridized carbons (Fsp3) is 0.273. The first kappa shape index (κ1) is 39.1. The zero-order valence-corrected chi connectivity index (χ0v) is 36.5. The molecule has 0 spiro atoms. The van der Waals surface area contributed by atoms with Crippen molar-refractivity contribution in [3.05, 3.63) is 166 Å². The largest absolute Gasteiger partial charge is 0.540 e. The van der Waals surface area contributed by atoms with Crippen LogP contribution in [0.1, 0.15) is 44.5 Å². The van der Waals surface area contributed by atoms with Gasteiger partial charge >= 0.3 is 0 Å². The van der Waals surface area contributed by atoms with E-state index in [1.807, 2.05) is 22.8 Å². The van der Waals surface area contributed by atoms with E-state index in [4.69, 9.17) is 17.7 Å². The summed E-state index contributed by atoms with van der Waals surface area (Å²) in [5, 5.41) is 0. The van der Waals surface area contributed by atoms with Crippen molar-refractivity contribution in [2.24, 2.45) is 0 Å². The predicted molar refractivity (Wildman–Crippen MR) is 230 cm³/mol. The Bertz CT molecular complexity index is 1630. The highest BCUT2D eigenvalue weighted by molar-refractivity contribution is 6.78. The Labute approximate surface area is 317 Å². The lowest BCUT2D eigenvalue weighted by Crippen LogP contribution is -2.33. The molecule has 8 heteroatoms. The quantitative estimate of drug-likeness (QED) is 0.119. The zero-order chi connectivity index (χ0) is 37.9. The van der Waals surface area contributed by atoms with Crippen LogP contribution >= 0.6 is 0 Å². The van der Waals surface area contributed by atoms with Crippen LogP contribution in [0.5, 0.6) is 23.0 Å². The molecular formula is C44H56O4Si4. The molecule has 0 radical (unpaired) electrons. The summed E-state index contributed by atoms with van der Waals surface area (Å²) in [5.41, 5.74) is 17.0. The van der Waals surface area contributed by atoms with Gasteiger partial charge in [0, 0.05) is 25.7 Å². The van der Waals surface area contributed by atoms with E-state index in [9.17, 15) is 0 Å². The summed E-state index contributed by atoms with van der Waals surface area (Å²) in [6, 6.07) is 26.2. The van der Waals surface area contributed by atoms with Gasteiger partial charge in [-0.2, -0.15) is 0 Å². The first-order valence-electron chi connectivity index (χ1n) is 18.2. The van der Waals surface area contributed by atoms with Gasteiger partial charge in [0.1, 0.15) is 23.0 Å². The van der Waals surface area contributed by atoms with Gasteiger partial charge in [0.15, 0.2) is 0 Å². The first-order valence-corrected chi connectivity index (χ1v) is 30.2. The van der Waals surface area contributed by atoms with Crippen LogP contribution in [0, 0.1) is 0 Å². The summed E-state index contributed by atoms with van der Waals surface area (Å²) in [6.07, 6.45) is 2.59. The molecule has 0 saturated heterocycles. The second-order valence-electron chi connectivity index (χ2n) is 16.0. The van der Waals surface area contributed by atoms with Crippen molar-refractivity contribution >= 4 is 33.3 Å². The average molecular weight is 761 g/mol. The van der Waals surface area contributed by atoms with E-state index >= 15 is 0 Å². The summed E-state index contributed by atoms with van der Waals surface area (Å²) in [4.78, 5) is 0. The van der Waals surface area contributed by atoms with Crippen molar-refractivity contribution in [3.8, 4) is 23.0 Å². The zero-order valence-electron chi connectivity index (χ0n) is 32.5. The van der Waals surface area contributed by atoms with Gasteiger partial charge in [0.25, 0.3) is 33.3 Å². The molecule has 0 aliphatic heterocycles. The SMILES string of the molecule is C=C[Si](C)(C)Oc1c2cccc1Cc1cccc(c1O[Si](C)(C)C=C)Cc1cccc(c1O[Si](C)(C)C=C)Cc1cccc(c1O[Si](C)(C)C=C)C2. The van der Waals surface area contributed by atoms with Crippen LogP contribution < -0.4 is 17.7 Å². The minimum absolute atomic E-state index is 0.648. The fourth-order valence-corrected chi connectivity index (χ4v) is 9.72. The van der Waals surface area contributed by atoms with Crippen molar-refractivity contribution in [3.63, 3.8) is 0 Å². The molecule has 8 bridgehead atoms. The van der Waals surface area contributed by atoms with Crippen molar-refractivity contribution in [2.45, 2.75) is 78.1 Å². The third-order valence-corrected chi connectivity index (χ3v) is 16.5. The lowest BCUT2D eigenvalue weighted by atomic mass is 9.91. The van der Waals surface area contributed by atoms with Gasteiger partial charge in [-0.3, -0.25) is 0 Å². The molecule has 0 heterocycles. The number of para-hydroxylation sites is 4. The van der Waals surface area contributed by atoms with Crippen LogP contribution in [0.3, 0.4) is 0 Å². The molecule has 272 valence electrons. The molecule has 0 N–H and O–H groups in total. The summed E-state index contributed by atoms with van der Waals surface area (Å²) in [6.45, 7) is 34.2. The minimum Gasteiger partial charge on any atom is -0.540 e. The van der Waals surface area contributed by atoms with Crippen molar-refractivity contribution in [2.75, 3.05) is 0 Å². The van der Waals surface area contributed by atoms with Crippen LogP contribution in [-0.4, -0.2) is 33.3 Å². The highest BCUT2D eigenvalue weighted by Crippen LogP contribution is 2.41. The standard InChI is InChI=1S/C44H56O4Si4/c1-13-49(5,6)45-41-33-21-17-22-34(41)30-36-24-19-26-38(43(36)47-51(9,10)15-3)32-40-28-20-27-39(44(40)48-52(11,12)16-4)31-37-25-18-23-35(29-33)42(37)46-50(7,8)14-2/h13-28H,1-4,29-32H2,5-12H3. The van der Waals surface area contributed by atoms with Gasteiger partial charge in [-0.05, 0) is 96.9 Å². The van der Waals surface area contributed by atoms with Gasteiger partial charge in [0.05, 0.1) is 0 Å². The molecule has 1 aliphatic rings. The van der Waals surface area contributed by atoms with Crippen LogP contribution in [0.2, 0.25) is 52.4 Å². The van der Waals surface area contributed by atoms with Crippen LogP contribution in [-0.2, 0) is 25.7 Å². The van der Waals surface area contributed by atoms with Gasteiger partial charge in [-0.1, -0.05) is 95.6 Å². The summed E-state index contributed by atoms with van der Waals surface area (Å²) >= 11 is 0. The molecule has 0 fully saturated rings. The minimum atomic E-state index is -2.26. The van der Waals surface area contributed by atoms with Gasteiger partial charge in [-0.25, -0.2) is 0 Å². The maximum atomic E-state index is 7.04. The number of rotatable bonds is 12. The third-order valence-electron chi connectivity index (χ3n) is 9.66. The normalized spacial score (nSPS) is 13.4. The van der Waals surface area contributed by atoms with Gasteiger partial charge in [-0.15, -0.1) is 26.3 Å². The van der Waals surface area contributed by atoms with E-state index < -0.39 is 33.3 Å². The van der Waals surface area contributed by atoms with Crippen molar-refractivity contribution in [1.82, 2.24) is 0 Å². The smallest absolute Gasteiger partial charge is 0.269 e. The Kier molecular flexibility index (Phi) is 11.6. The number of benzene rings is 4. The maximum absolute atomic E-state index is 7.04. The summed E-state index contributed by atoms with van der Waals surface area (Å²) < 4.78 is 28.1. The molecule has 1 aliphatic carbocycles. The molecule has 0 unspecified atom stereocenters. The molecule has 52 heavy (non-hydrogen) atoms. The molecular weight excluding hydrogens is 705 g/mol. The number of hydrogen-bond donors (Lipinski definition) is 0. The van der Waals surface area contributed by atoms with E-state index in [0.29, 0.717) is 25.7 Å². The molecule has 0 amide bonds. The molecule has 0 atom stereocenters. The van der Waals surface area contributed by atoms with Crippen molar-refractivity contribution < 1.29 is 17.7 Å². The Morgan fingerprint density at radius 1 is 0.346 bits per heavy atom. The lowest BCUT2D eigenvalue weighted by Gasteiger charge is -2.29. The van der Waals surface area contributed by atoms with Crippen molar-refractivity contribution in [1.29, 1.82) is 0 Å². The Hall–Kier alpha value is -4.09. The fourth-order valence-electron chi connectivity index (χ4n) is 6.23. The van der Waals surface area contributed by atoms with E-state index in [2.05, 4.69) is 151 Å². The van der Waals surface area contributed by atoms with E-state index in [1.54, 1.807) is 0 Å². The Morgan fingerprint density at radius 2 is 0.500 bits per heavy atom. The first-order chi connectivity index (χ1) is 24.5. The maximum Gasteiger partial charge on any atom is 0.269 e. The molecule has 4 nitrogen and oxygen atoms in total. The Morgan fingerprint density at radius 3 is 0.635 bits per heavy atom. The topological polar surface area (TPSA) is 36.9 Å². The van der Waals surface area contributed by atoms with Crippen LogP contribution in [0.15, 0.2) is 122 Å². The predicted octanol–water partition coefficient (Wildman–Crippen LogP) is 11.6. The van der Waals surface area contributed by atoms with Crippen LogP contribution in [0.25, 0.3) is 0 Å². The second kappa shape index (κ2) is 15.5. The van der Waals surface area contributed by atoms with Gasteiger partial charge < -0.3 is 17.7 Å². The molecule has 4 aromatic rings. The molecule has 0 saturated carbocycles. The highest BCUT2D eigenvalue weighted by atomic mass is 28.4. The number of hydrogen-bond acceptors (Lipinski definition) is 4.